The van der Waals surface area contributed by atoms with Crippen molar-refractivity contribution >= 4 is 33.0 Å². The Morgan fingerprint density at radius 2 is 2.25 bits per heavy atom. The largest absolute Gasteiger partial charge is 0.409 e. The van der Waals surface area contributed by atoms with Crippen LogP contribution in [0.15, 0.2) is 27.7 Å². The van der Waals surface area contributed by atoms with Crippen LogP contribution in [0.3, 0.4) is 0 Å². The van der Waals surface area contributed by atoms with Crippen molar-refractivity contribution in [2.45, 2.75) is 11.1 Å². The van der Waals surface area contributed by atoms with Crippen LogP contribution in [0, 0.1) is 6.92 Å². The van der Waals surface area contributed by atoms with Crippen LogP contribution >= 0.6 is 11.3 Å². The molecular formula is C10H13N5O3S2. The van der Waals surface area contributed by atoms with E-state index in [1.54, 1.807) is 13.1 Å². The van der Waals surface area contributed by atoms with Gasteiger partial charge in [-0.25, -0.2) is 8.42 Å². The van der Waals surface area contributed by atoms with Crippen molar-refractivity contribution in [1.29, 1.82) is 0 Å². The number of thiophene rings is 1. The molecule has 0 bridgehead atoms. The predicted octanol–water partition coefficient (Wildman–Crippen LogP) is 0.685. The lowest BCUT2D eigenvalue weighted by Gasteiger charge is -2.08. The van der Waals surface area contributed by atoms with E-state index in [-0.39, 0.29) is 21.4 Å². The molecule has 0 spiro atoms. The summed E-state index contributed by atoms with van der Waals surface area (Å²) in [4.78, 5) is 0.882. The quantitative estimate of drug-likeness (QED) is 0.331. The van der Waals surface area contributed by atoms with Gasteiger partial charge in [-0.2, -0.15) is 5.10 Å². The third-order valence-electron chi connectivity index (χ3n) is 2.53. The highest BCUT2D eigenvalue weighted by atomic mass is 32.2. The highest BCUT2D eigenvalue weighted by Gasteiger charge is 2.21. The Bertz CT molecular complexity index is 760. The van der Waals surface area contributed by atoms with E-state index in [0.717, 1.165) is 16.2 Å². The van der Waals surface area contributed by atoms with E-state index in [0.29, 0.717) is 0 Å². The summed E-state index contributed by atoms with van der Waals surface area (Å²) in [6, 6.07) is 3.23. The number of anilines is 1. The van der Waals surface area contributed by atoms with Crippen LogP contribution in [0.25, 0.3) is 0 Å². The molecule has 10 heteroatoms. The van der Waals surface area contributed by atoms with Crippen LogP contribution < -0.4 is 10.5 Å². The maximum Gasteiger partial charge on any atom is 0.272 e. The number of hydrogen-bond donors (Lipinski definition) is 3. The van der Waals surface area contributed by atoms with Gasteiger partial charge in [-0.1, -0.05) is 5.16 Å². The van der Waals surface area contributed by atoms with Crippen LogP contribution in [0.4, 0.5) is 5.82 Å². The van der Waals surface area contributed by atoms with E-state index in [1.165, 1.54) is 16.9 Å². The zero-order chi connectivity index (χ0) is 14.9. The maximum absolute atomic E-state index is 12.2. The standard InChI is InChI=1S/C10H13N5O3S2/c1-6-3-4-8(19-6)20(17,18)14-10-7(9(11)13-16)5-12-15(10)2/h3-5,14,16H,1-2H3,(H2,11,13). The molecular weight excluding hydrogens is 302 g/mol. The molecule has 0 amide bonds. The number of nitrogens with two attached hydrogens (primary N) is 1. The van der Waals surface area contributed by atoms with E-state index in [2.05, 4.69) is 15.0 Å². The summed E-state index contributed by atoms with van der Waals surface area (Å²) in [5.41, 5.74) is 5.69. The summed E-state index contributed by atoms with van der Waals surface area (Å²) < 4.78 is 28.4. The number of aryl methyl sites for hydroxylation is 2. The van der Waals surface area contributed by atoms with E-state index >= 15 is 0 Å². The molecule has 0 aliphatic heterocycles. The zero-order valence-electron chi connectivity index (χ0n) is 10.7. The van der Waals surface area contributed by atoms with Crippen LogP contribution in [-0.2, 0) is 17.1 Å². The fourth-order valence-corrected chi connectivity index (χ4v) is 3.93. The second-order valence-corrected chi connectivity index (χ2v) is 7.18. The molecule has 2 aromatic rings. The molecule has 0 aliphatic rings. The molecule has 108 valence electrons. The molecule has 2 aromatic heterocycles. The summed E-state index contributed by atoms with van der Waals surface area (Å²) in [7, 11) is -2.19. The van der Waals surface area contributed by atoms with Gasteiger partial charge in [0.2, 0.25) is 0 Å². The zero-order valence-corrected chi connectivity index (χ0v) is 12.4. The minimum absolute atomic E-state index is 0.131. The van der Waals surface area contributed by atoms with Crippen molar-refractivity contribution in [2.75, 3.05) is 4.72 Å². The second kappa shape index (κ2) is 5.13. The first-order chi connectivity index (χ1) is 9.35. The van der Waals surface area contributed by atoms with E-state index in [4.69, 9.17) is 10.9 Å². The molecule has 0 atom stereocenters. The maximum atomic E-state index is 12.2. The smallest absolute Gasteiger partial charge is 0.272 e. The molecule has 0 aromatic carbocycles. The molecule has 0 aliphatic carbocycles. The van der Waals surface area contributed by atoms with Gasteiger partial charge in [-0.3, -0.25) is 9.40 Å². The van der Waals surface area contributed by atoms with Gasteiger partial charge in [-0.05, 0) is 19.1 Å². The van der Waals surface area contributed by atoms with Crippen molar-refractivity contribution in [2.24, 2.45) is 17.9 Å². The summed E-state index contributed by atoms with van der Waals surface area (Å²) >= 11 is 1.15. The Hall–Kier alpha value is -2.07. The Morgan fingerprint density at radius 1 is 1.55 bits per heavy atom. The number of nitrogens with one attached hydrogen (secondary N) is 1. The molecule has 2 rings (SSSR count). The Morgan fingerprint density at radius 3 is 2.80 bits per heavy atom. The molecule has 0 unspecified atom stereocenters. The minimum atomic E-state index is -3.73. The number of oxime groups is 1. The lowest BCUT2D eigenvalue weighted by Crippen LogP contribution is -2.19. The topological polar surface area (TPSA) is 123 Å². The van der Waals surface area contributed by atoms with E-state index in [9.17, 15) is 8.42 Å². The molecule has 2 heterocycles. The molecule has 0 saturated carbocycles. The van der Waals surface area contributed by atoms with Gasteiger partial charge < -0.3 is 10.9 Å². The molecule has 4 N–H and O–H groups in total. The van der Waals surface area contributed by atoms with Gasteiger partial charge in [0, 0.05) is 11.9 Å². The number of sulfonamides is 1. The molecule has 8 nitrogen and oxygen atoms in total. The third-order valence-corrected chi connectivity index (χ3v) is 5.37. The first-order valence-electron chi connectivity index (χ1n) is 5.44. The average molecular weight is 315 g/mol. The number of rotatable bonds is 4. The fraction of sp³-hybridized carbons (Fsp3) is 0.200. The average Bonchev–Trinajstić information content (AvgIpc) is 2.97. The first kappa shape index (κ1) is 14.3. The van der Waals surface area contributed by atoms with Crippen molar-refractivity contribution in [3.8, 4) is 0 Å². The first-order valence-corrected chi connectivity index (χ1v) is 7.74. The van der Waals surface area contributed by atoms with Crippen LogP contribution in [0.2, 0.25) is 0 Å². The minimum Gasteiger partial charge on any atom is -0.409 e. The highest BCUT2D eigenvalue weighted by molar-refractivity contribution is 7.94. The van der Waals surface area contributed by atoms with Crippen molar-refractivity contribution < 1.29 is 13.6 Å². The van der Waals surface area contributed by atoms with Gasteiger partial charge in [0.05, 0.1) is 11.8 Å². The monoisotopic (exact) mass is 315 g/mol. The molecule has 20 heavy (non-hydrogen) atoms. The van der Waals surface area contributed by atoms with Gasteiger partial charge in [0.1, 0.15) is 10.0 Å². The SMILES string of the molecule is Cc1ccc(S(=O)(=O)Nc2c(C(N)=NO)cnn2C)s1. The summed E-state index contributed by atoms with van der Waals surface area (Å²) in [6.07, 6.45) is 1.31. The summed E-state index contributed by atoms with van der Waals surface area (Å²) in [5, 5.41) is 15.4. The highest BCUT2D eigenvalue weighted by Crippen LogP contribution is 2.24. The van der Waals surface area contributed by atoms with Crippen molar-refractivity contribution in [1.82, 2.24) is 9.78 Å². The second-order valence-electron chi connectivity index (χ2n) is 3.99. The summed E-state index contributed by atoms with van der Waals surface area (Å²) in [6.45, 7) is 1.82. The normalized spacial score (nSPS) is 12.6. The third kappa shape index (κ3) is 2.60. The number of amidine groups is 1. The molecule has 0 radical (unpaired) electrons. The number of aromatic nitrogens is 2. The predicted molar refractivity (Wildman–Crippen MR) is 75.6 cm³/mol. The van der Waals surface area contributed by atoms with Crippen LogP contribution in [0.1, 0.15) is 10.4 Å². The summed E-state index contributed by atoms with van der Waals surface area (Å²) in [5.74, 6) is -0.0930. The van der Waals surface area contributed by atoms with E-state index in [1.807, 2.05) is 6.92 Å². The van der Waals surface area contributed by atoms with Gasteiger partial charge in [0.15, 0.2) is 5.84 Å². The van der Waals surface area contributed by atoms with Crippen LogP contribution in [0.5, 0.6) is 0 Å². The molecule has 0 fully saturated rings. The lowest BCUT2D eigenvalue weighted by molar-refractivity contribution is 0.318. The van der Waals surface area contributed by atoms with Crippen molar-refractivity contribution in [3.05, 3.63) is 28.8 Å². The fourth-order valence-electron chi connectivity index (χ4n) is 1.53. The molecule has 0 saturated heterocycles. The Kier molecular flexibility index (Phi) is 3.68. The number of hydrogen-bond acceptors (Lipinski definition) is 6. The Labute approximate surface area is 119 Å². The lowest BCUT2D eigenvalue weighted by atomic mass is 10.3. The van der Waals surface area contributed by atoms with Crippen molar-refractivity contribution in [3.63, 3.8) is 0 Å². The Balaban J connectivity index is 2.42. The van der Waals surface area contributed by atoms with Crippen LogP contribution in [-0.4, -0.2) is 29.2 Å². The number of nitrogens with zero attached hydrogens (tertiary/aromatic N) is 3. The van der Waals surface area contributed by atoms with Gasteiger partial charge >= 0.3 is 0 Å². The van der Waals surface area contributed by atoms with Gasteiger partial charge in [-0.15, -0.1) is 11.3 Å². The van der Waals surface area contributed by atoms with E-state index < -0.39 is 10.0 Å². The van der Waals surface area contributed by atoms with Gasteiger partial charge in [0.25, 0.3) is 10.0 Å².